The van der Waals surface area contributed by atoms with Gasteiger partial charge in [0, 0.05) is 16.3 Å². The number of H-pyrrole nitrogens is 1. The van der Waals surface area contributed by atoms with Crippen molar-refractivity contribution in [3.8, 4) is 0 Å². The highest BCUT2D eigenvalue weighted by molar-refractivity contribution is 6.31. The van der Waals surface area contributed by atoms with E-state index < -0.39 is 29.3 Å². The minimum Gasteiger partial charge on any atom is -0.463 e. The Morgan fingerprint density at radius 3 is 2.65 bits per heavy atom. The Morgan fingerprint density at radius 2 is 2.04 bits per heavy atom. The molecule has 1 atom stereocenters. The van der Waals surface area contributed by atoms with Gasteiger partial charge in [-0.1, -0.05) is 29.8 Å². The van der Waals surface area contributed by atoms with Gasteiger partial charge in [-0.15, -0.1) is 0 Å². The summed E-state index contributed by atoms with van der Waals surface area (Å²) in [5.74, 6) is -2.11. The van der Waals surface area contributed by atoms with Gasteiger partial charge < -0.3 is 10.1 Å². The highest BCUT2D eigenvalue weighted by Gasteiger charge is 2.47. The first-order valence-corrected chi connectivity index (χ1v) is 8.18. The van der Waals surface area contributed by atoms with Gasteiger partial charge in [-0.05, 0) is 25.5 Å². The van der Waals surface area contributed by atoms with Gasteiger partial charge in [-0.2, -0.15) is 18.3 Å². The van der Waals surface area contributed by atoms with Gasteiger partial charge in [-0.3, -0.25) is 5.10 Å². The largest absolute Gasteiger partial charge is 0.463 e. The molecule has 0 saturated heterocycles. The third kappa shape index (κ3) is 3.05. The first kappa shape index (κ1) is 18.3. The monoisotopic (exact) mass is 385 g/mol. The van der Waals surface area contributed by atoms with Crippen molar-refractivity contribution < 1.29 is 22.7 Å². The Bertz CT molecular complexity index is 890. The molecule has 0 amide bonds. The molecule has 9 heteroatoms. The average Bonchev–Trinajstić information content (AvgIpc) is 2.94. The van der Waals surface area contributed by atoms with Crippen LogP contribution < -0.4 is 5.32 Å². The number of carbonyl (C=O) groups is 1. The van der Waals surface area contributed by atoms with Crippen LogP contribution in [0.1, 0.15) is 29.7 Å². The lowest BCUT2D eigenvalue weighted by molar-refractivity contribution is -0.140. The number of hydrogen-bond donors (Lipinski definition) is 2. The molecule has 1 aromatic heterocycles. The third-order valence-electron chi connectivity index (χ3n) is 4.08. The third-order valence-corrected chi connectivity index (χ3v) is 4.42. The summed E-state index contributed by atoms with van der Waals surface area (Å²) in [5.41, 5.74) is -0.412. The standard InChI is InChI=1S/C17H15ClF3N3O2/c1-3-26-16(25)13-12(9-6-4-5-7-10(9)18)11-8(2)23-24-15(11)22-14(13)17(19,20)21/h4-7,12H,3H2,1-2H3,(H2,22,23,24). The van der Waals surface area contributed by atoms with Crippen LogP contribution in [0.25, 0.3) is 0 Å². The molecule has 1 unspecified atom stereocenters. The molecule has 0 radical (unpaired) electrons. The van der Waals surface area contributed by atoms with E-state index in [2.05, 4.69) is 15.5 Å². The van der Waals surface area contributed by atoms with Gasteiger partial charge in [-0.25, -0.2) is 4.79 Å². The molecule has 0 aliphatic carbocycles. The molecule has 138 valence electrons. The molecule has 2 N–H and O–H groups in total. The van der Waals surface area contributed by atoms with Gasteiger partial charge in [0.2, 0.25) is 0 Å². The van der Waals surface area contributed by atoms with Crippen LogP contribution in [0.4, 0.5) is 19.0 Å². The molecule has 1 aromatic carbocycles. The summed E-state index contributed by atoms with van der Waals surface area (Å²) >= 11 is 6.25. The Balaban J connectivity index is 2.33. The second-order valence-corrected chi connectivity index (χ2v) is 6.10. The van der Waals surface area contributed by atoms with Gasteiger partial charge in [0.1, 0.15) is 5.70 Å². The smallest absolute Gasteiger partial charge is 0.431 e. The molecule has 0 saturated carbocycles. The highest BCUT2D eigenvalue weighted by Crippen LogP contribution is 2.47. The number of aromatic amines is 1. The quantitative estimate of drug-likeness (QED) is 0.773. The molecule has 26 heavy (non-hydrogen) atoms. The van der Waals surface area contributed by atoms with E-state index in [0.717, 1.165) is 0 Å². The van der Waals surface area contributed by atoms with Crippen molar-refractivity contribution >= 4 is 23.4 Å². The number of halogens is 4. The topological polar surface area (TPSA) is 67.0 Å². The summed E-state index contributed by atoms with van der Waals surface area (Å²) in [6.07, 6.45) is -4.80. The number of ether oxygens (including phenoxy) is 1. The molecular formula is C17H15ClF3N3O2. The predicted octanol–water partition coefficient (Wildman–Crippen LogP) is 4.31. The van der Waals surface area contributed by atoms with Crippen LogP contribution in [-0.4, -0.2) is 28.9 Å². The van der Waals surface area contributed by atoms with Crippen LogP contribution in [0.2, 0.25) is 5.02 Å². The number of hydrogen-bond acceptors (Lipinski definition) is 4. The summed E-state index contributed by atoms with van der Waals surface area (Å²) in [4.78, 5) is 12.5. The van der Waals surface area contributed by atoms with Gasteiger partial charge in [0.25, 0.3) is 0 Å². The van der Waals surface area contributed by atoms with Crippen LogP contribution >= 0.6 is 11.6 Å². The van der Waals surface area contributed by atoms with E-state index in [4.69, 9.17) is 16.3 Å². The number of carbonyl (C=O) groups excluding carboxylic acids is 1. The van der Waals surface area contributed by atoms with Crippen LogP contribution in [-0.2, 0) is 9.53 Å². The van der Waals surface area contributed by atoms with Gasteiger partial charge in [0.15, 0.2) is 5.82 Å². The van der Waals surface area contributed by atoms with Crippen molar-refractivity contribution in [1.29, 1.82) is 0 Å². The fourth-order valence-corrected chi connectivity index (χ4v) is 3.28. The second-order valence-electron chi connectivity index (χ2n) is 5.70. The van der Waals surface area contributed by atoms with E-state index in [1.54, 1.807) is 31.2 Å². The number of anilines is 1. The zero-order valence-corrected chi connectivity index (χ0v) is 14.6. The fraction of sp³-hybridized carbons (Fsp3) is 0.294. The Hall–Kier alpha value is -2.48. The zero-order valence-electron chi connectivity index (χ0n) is 13.9. The van der Waals surface area contributed by atoms with Crippen molar-refractivity contribution in [2.45, 2.75) is 25.9 Å². The number of benzene rings is 1. The molecule has 0 spiro atoms. The molecule has 3 rings (SSSR count). The first-order chi connectivity index (χ1) is 12.3. The highest BCUT2D eigenvalue weighted by atomic mass is 35.5. The van der Waals surface area contributed by atoms with Crippen molar-refractivity contribution in [3.63, 3.8) is 0 Å². The number of nitrogens with one attached hydrogen (secondary N) is 2. The fourth-order valence-electron chi connectivity index (χ4n) is 3.03. The minimum atomic E-state index is -4.80. The number of alkyl halides is 3. The van der Waals surface area contributed by atoms with E-state index in [1.807, 2.05) is 0 Å². The molecule has 0 bridgehead atoms. The number of fused-ring (bicyclic) bond motifs is 1. The molecule has 1 aliphatic heterocycles. The molecular weight excluding hydrogens is 371 g/mol. The van der Waals surface area contributed by atoms with Gasteiger partial charge >= 0.3 is 12.1 Å². The molecule has 2 heterocycles. The Labute approximate surface area is 152 Å². The summed E-state index contributed by atoms with van der Waals surface area (Å²) in [6, 6.07) is 6.45. The van der Waals surface area contributed by atoms with Crippen molar-refractivity contribution in [1.82, 2.24) is 10.2 Å². The average molecular weight is 386 g/mol. The van der Waals surface area contributed by atoms with Gasteiger partial charge in [0.05, 0.1) is 18.1 Å². The van der Waals surface area contributed by atoms with Crippen LogP contribution in [0.3, 0.4) is 0 Å². The maximum atomic E-state index is 13.7. The van der Waals surface area contributed by atoms with Crippen molar-refractivity contribution in [2.75, 3.05) is 11.9 Å². The second kappa shape index (κ2) is 6.68. The number of esters is 1. The van der Waals surface area contributed by atoms with Crippen LogP contribution in [0, 0.1) is 6.92 Å². The first-order valence-electron chi connectivity index (χ1n) is 7.80. The van der Waals surface area contributed by atoms with E-state index in [-0.39, 0.29) is 17.4 Å². The molecule has 2 aromatic rings. The van der Waals surface area contributed by atoms with E-state index >= 15 is 0 Å². The lowest BCUT2D eigenvalue weighted by atomic mass is 9.81. The molecule has 0 fully saturated rings. The summed E-state index contributed by atoms with van der Waals surface area (Å²) in [7, 11) is 0. The maximum Gasteiger partial charge on any atom is 0.431 e. The molecule has 1 aliphatic rings. The number of rotatable bonds is 3. The lowest BCUT2D eigenvalue weighted by Crippen LogP contribution is -2.32. The van der Waals surface area contributed by atoms with Crippen molar-refractivity contribution in [2.24, 2.45) is 0 Å². The zero-order chi connectivity index (χ0) is 19.1. The van der Waals surface area contributed by atoms with E-state index in [9.17, 15) is 18.0 Å². The van der Waals surface area contributed by atoms with Crippen LogP contribution in [0.5, 0.6) is 0 Å². The minimum absolute atomic E-state index is 0.00722. The number of aryl methyl sites for hydroxylation is 1. The number of allylic oxidation sites excluding steroid dienone is 1. The van der Waals surface area contributed by atoms with E-state index in [0.29, 0.717) is 16.8 Å². The normalized spacial score (nSPS) is 16.9. The lowest BCUT2D eigenvalue weighted by Gasteiger charge is -2.30. The summed E-state index contributed by atoms with van der Waals surface area (Å²) in [6.45, 7) is 3.14. The number of nitrogens with zero attached hydrogens (tertiary/aromatic N) is 1. The Morgan fingerprint density at radius 1 is 1.35 bits per heavy atom. The Kier molecular flexibility index (Phi) is 4.70. The number of aromatic nitrogens is 2. The molecule has 5 nitrogen and oxygen atoms in total. The predicted molar refractivity (Wildman–Crippen MR) is 90.0 cm³/mol. The maximum absolute atomic E-state index is 13.7. The van der Waals surface area contributed by atoms with Crippen LogP contribution in [0.15, 0.2) is 35.5 Å². The van der Waals surface area contributed by atoms with Crippen molar-refractivity contribution in [3.05, 3.63) is 57.4 Å². The van der Waals surface area contributed by atoms with E-state index in [1.165, 1.54) is 6.92 Å². The SMILES string of the molecule is CCOC(=O)C1=C(C(F)(F)F)Nc2n[nH]c(C)c2C1c1ccccc1Cl. The summed E-state index contributed by atoms with van der Waals surface area (Å²) < 4.78 is 46.0. The summed E-state index contributed by atoms with van der Waals surface area (Å²) in [5, 5.41) is 9.04.